The van der Waals surface area contributed by atoms with E-state index in [1.807, 2.05) is 18.2 Å². The summed E-state index contributed by atoms with van der Waals surface area (Å²) in [5.74, 6) is -0.568. The van der Waals surface area contributed by atoms with Gasteiger partial charge in [-0.25, -0.2) is 4.39 Å². The average molecular weight is 292 g/mol. The molecule has 4 heteroatoms. The number of hydrogen-bond acceptors (Lipinski definition) is 1. The molecule has 1 atom stereocenters. The lowest BCUT2D eigenvalue weighted by molar-refractivity contribution is -0.121. The van der Waals surface area contributed by atoms with E-state index in [0.29, 0.717) is 11.1 Å². The van der Waals surface area contributed by atoms with Crippen LogP contribution >= 0.6 is 11.6 Å². The van der Waals surface area contributed by atoms with E-state index in [-0.39, 0.29) is 18.3 Å². The minimum Gasteiger partial charge on any atom is -0.350 e. The van der Waals surface area contributed by atoms with Crippen molar-refractivity contribution in [3.05, 3.63) is 71.0 Å². The Morgan fingerprint density at radius 2 is 1.95 bits per heavy atom. The summed E-state index contributed by atoms with van der Waals surface area (Å²) in [4.78, 5) is 11.9. The standard InChI is InChI=1S/C16H15ClFNO/c1-11-7-8-12(9-14(11)18)10-19-16(20)15(17)13-5-3-2-4-6-13/h2-9,15H,10H2,1H3,(H,19,20). The fourth-order valence-electron chi connectivity index (χ4n) is 1.80. The van der Waals surface area contributed by atoms with Gasteiger partial charge in [-0.3, -0.25) is 4.79 Å². The first-order chi connectivity index (χ1) is 9.58. The first-order valence-electron chi connectivity index (χ1n) is 6.29. The van der Waals surface area contributed by atoms with Crippen LogP contribution in [0.5, 0.6) is 0 Å². The van der Waals surface area contributed by atoms with Gasteiger partial charge in [-0.2, -0.15) is 0 Å². The van der Waals surface area contributed by atoms with Gasteiger partial charge in [-0.05, 0) is 29.7 Å². The third-order valence-corrected chi connectivity index (χ3v) is 3.48. The van der Waals surface area contributed by atoms with Crippen LogP contribution in [-0.2, 0) is 11.3 Å². The third-order valence-electron chi connectivity index (χ3n) is 3.03. The molecule has 20 heavy (non-hydrogen) atoms. The van der Waals surface area contributed by atoms with Crippen LogP contribution in [0.2, 0.25) is 0 Å². The Balaban J connectivity index is 1.96. The van der Waals surface area contributed by atoms with E-state index in [1.54, 1.807) is 31.2 Å². The molecule has 0 radical (unpaired) electrons. The van der Waals surface area contributed by atoms with Crippen LogP contribution in [-0.4, -0.2) is 5.91 Å². The Hall–Kier alpha value is -1.87. The number of rotatable bonds is 4. The molecule has 0 heterocycles. The zero-order valence-electron chi connectivity index (χ0n) is 11.1. The normalized spacial score (nSPS) is 11.9. The average Bonchev–Trinajstić information content (AvgIpc) is 2.48. The molecule has 2 aromatic rings. The fourth-order valence-corrected chi connectivity index (χ4v) is 2.02. The minimum absolute atomic E-state index is 0.256. The maximum Gasteiger partial charge on any atom is 0.242 e. The number of amides is 1. The molecule has 0 saturated heterocycles. The molecular weight excluding hydrogens is 277 g/mol. The van der Waals surface area contributed by atoms with Gasteiger partial charge in [-0.1, -0.05) is 42.5 Å². The van der Waals surface area contributed by atoms with Gasteiger partial charge in [0.15, 0.2) is 0 Å². The number of carbonyl (C=O) groups excluding carboxylic acids is 1. The van der Waals surface area contributed by atoms with Crippen molar-refractivity contribution >= 4 is 17.5 Å². The highest BCUT2D eigenvalue weighted by molar-refractivity contribution is 6.30. The summed E-state index contributed by atoms with van der Waals surface area (Å²) in [5.41, 5.74) is 2.03. The molecule has 0 bridgehead atoms. The monoisotopic (exact) mass is 291 g/mol. The number of hydrogen-bond donors (Lipinski definition) is 1. The first-order valence-corrected chi connectivity index (χ1v) is 6.73. The van der Waals surface area contributed by atoms with Crippen LogP contribution in [0.3, 0.4) is 0 Å². The summed E-state index contributed by atoms with van der Waals surface area (Å²) in [6.45, 7) is 1.95. The van der Waals surface area contributed by atoms with Crippen LogP contribution < -0.4 is 5.32 Å². The molecule has 1 N–H and O–H groups in total. The smallest absolute Gasteiger partial charge is 0.242 e. The van der Waals surface area contributed by atoms with Gasteiger partial charge in [0.1, 0.15) is 11.2 Å². The number of nitrogens with one attached hydrogen (secondary N) is 1. The van der Waals surface area contributed by atoms with Gasteiger partial charge in [0, 0.05) is 6.54 Å². The second-order valence-corrected chi connectivity index (χ2v) is 5.01. The van der Waals surface area contributed by atoms with E-state index in [1.165, 1.54) is 6.07 Å². The van der Waals surface area contributed by atoms with E-state index in [9.17, 15) is 9.18 Å². The van der Waals surface area contributed by atoms with Gasteiger partial charge in [0.05, 0.1) is 0 Å². The summed E-state index contributed by atoms with van der Waals surface area (Å²) in [6.07, 6.45) is 0. The number of halogens is 2. The Morgan fingerprint density at radius 3 is 2.60 bits per heavy atom. The topological polar surface area (TPSA) is 29.1 Å². The van der Waals surface area contributed by atoms with Crippen LogP contribution in [0.4, 0.5) is 4.39 Å². The molecule has 2 aromatic carbocycles. The third kappa shape index (κ3) is 3.58. The Kier molecular flexibility index (Phi) is 4.74. The zero-order chi connectivity index (χ0) is 14.5. The van der Waals surface area contributed by atoms with E-state index >= 15 is 0 Å². The molecule has 0 aromatic heterocycles. The van der Waals surface area contributed by atoms with Crippen molar-refractivity contribution in [1.29, 1.82) is 0 Å². The summed E-state index contributed by atoms with van der Waals surface area (Å²) < 4.78 is 13.4. The molecular formula is C16H15ClFNO. The first kappa shape index (κ1) is 14.5. The molecule has 2 nitrogen and oxygen atoms in total. The SMILES string of the molecule is Cc1ccc(CNC(=O)C(Cl)c2ccccc2)cc1F. The van der Waals surface area contributed by atoms with Gasteiger partial charge < -0.3 is 5.32 Å². The van der Waals surface area contributed by atoms with Crippen molar-refractivity contribution in [2.24, 2.45) is 0 Å². The van der Waals surface area contributed by atoms with Crippen molar-refractivity contribution in [2.45, 2.75) is 18.8 Å². The summed E-state index contributed by atoms with van der Waals surface area (Å²) in [7, 11) is 0. The Morgan fingerprint density at radius 1 is 1.25 bits per heavy atom. The van der Waals surface area contributed by atoms with Crippen molar-refractivity contribution in [3.8, 4) is 0 Å². The molecule has 0 spiro atoms. The molecule has 0 aliphatic heterocycles. The van der Waals surface area contributed by atoms with Crippen LogP contribution in [0, 0.1) is 12.7 Å². The molecule has 0 fully saturated rings. The van der Waals surface area contributed by atoms with Crippen molar-refractivity contribution in [3.63, 3.8) is 0 Å². The molecule has 0 aliphatic carbocycles. The maximum absolute atomic E-state index is 13.4. The van der Waals surface area contributed by atoms with Crippen LogP contribution in [0.15, 0.2) is 48.5 Å². The molecule has 1 amide bonds. The molecule has 0 saturated carbocycles. The summed E-state index contributed by atoms with van der Waals surface area (Å²) in [6, 6.07) is 14.0. The van der Waals surface area contributed by atoms with Crippen LogP contribution in [0.25, 0.3) is 0 Å². The van der Waals surface area contributed by atoms with Crippen molar-refractivity contribution < 1.29 is 9.18 Å². The molecule has 2 rings (SSSR count). The van der Waals surface area contributed by atoms with Gasteiger partial charge in [0.2, 0.25) is 5.91 Å². The molecule has 104 valence electrons. The number of alkyl halides is 1. The lowest BCUT2D eigenvalue weighted by Crippen LogP contribution is -2.26. The van der Waals surface area contributed by atoms with Gasteiger partial charge >= 0.3 is 0 Å². The zero-order valence-corrected chi connectivity index (χ0v) is 11.8. The Bertz CT molecular complexity index is 601. The predicted octanol–water partition coefficient (Wildman–Crippen LogP) is 3.73. The fraction of sp³-hybridized carbons (Fsp3) is 0.188. The van der Waals surface area contributed by atoms with E-state index in [2.05, 4.69) is 5.32 Å². The van der Waals surface area contributed by atoms with E-state index < -0.39 is 5.38 Å². The minimum atomic E-state index is -0.744. The maximum atomic E-state index is 13.4. The van der Waals surface area contributed by atoms with Crippen LogP contribution in [0.1, 0.15) is 22.1 Å². The molecule has 1 unspecified atom stereocenters. The molecule has 0 aliphatic rings. The number of carbonyl (C=O) groups is 1. The lowest BCUT2D eigenvalue weighted by atomic mass is 10.1. The largest absolute Gasteiger partial charge is 0.350 e. The second kappa shape index (κ2) is 6.53. The quantitative estimate of drug-likeness (QED) is 0.855. The van der Waals surface area contributed by atoms with Gasteiger partial charge in [-0.15, -0.1) is 11.6 Å². The van der Waals surface area contributed by atoms with E-state index in [4.69, 9.17) is 11.6 Å². The van der Waals surface area contributed by atoms with E-state index in [0.717, 1.165) is 5.56 Å². The highest BCUT2D eigenvalue weighted by atomic mass is 35.5. The summed E-state index contributed by atoms with van der Waals surface area (Å²) >= 11 is 6.09. The number of aryl methyl sites for hydroxylation is 1. The predicted molar refractivity (Wildman–Crippen MR) is 78.0 cm³/mol. The summed E-state index contributed by atoms with van der Waals surface area (Å²) in [5, 5.41) is 1.96. The highest BCUT2D eigenvalue weighted by Gasteiger charge is 2.16. The highest BCUT2D eigenvalue weighted by Crippen LogP contribution is 2.20. The second-order valence-electron chi connectivity index (χ2n) is 4.57. The number of benzene rings is 2. The van der Waals surface area contributed by atoms with Crippen molar-refractivity contribution in [1.82, 2.24) is 5.32 Å². The van der Waals surface area contributed by atoms with Gasteiger partial charge in [0.25, 0.3) is 0 Å². The van der Waals surface area contributed by atoms with Crippen molar-refractivity contribution in [2.75, 3.05) is 0 Å². The lowest BCUT2D eigenvalue weighted by Gasteiger charge is -2.11. The Labute approximate surface area is 122 Å².